The maximum absolute atomic E-state index is 12.2. The highest BCUT2D eigenvalue weighted by atomic mass is 16.5. The van der Waals surface area contributed by atoms with Gasteiger partial charge in [0.15, 0.2) is 0 Å². The Morgan fingerprint density at radius 2 is 2.22 bits per heavy atom. The number of azide groups is 1. The van der Waals surface area contributed by atoms with E-state index in [1.807, 2.05) is 0 Å². The summed E-state index contributed by atoms with van der Waals surface area (Å²) in [5.74, 6) is -0.577. The third-order valence-corrected chi connectivity index (χ3v) is 3.61. The van der Waals surface area contributed by atoms with Crippen LogP contribution in [0.25, 0.3) is 10.4 Å². The molecule has 1 aromatic rings. The molecule has 0 aromatic carbocycles. The van der Waals surface area contributed by atoms with Crippen LogP contribution in [0.4, 0.5) is 5.69 Å². The number of nitrogens with one attached hydrogen (secondary N) is 1. The summed E-state index contributed by atoms with van der Waals surface area (Å²) in [5.41, 5.74) is 8.63. The molecule has 4 N–H and O–H groups in total. The number of aliphatic hydroxyl groups is 3. The van der Waals surface area contributed by atoms with E-state index in [0.29, 0.717) is 0 Å². The summed E-state index contributed by atoms with van der Waals surface area (Å²) in [4.78, 5) is 18.6. The fourth-order valence-corrected chi connectivity index (χ4v) is 2.36. The number of ether oxygens (including phenoxy) is 1. The number of aromatic nitrogens is 1. The predicted octanol–water partition coefficient (Wildman–Crippen LogP) is -0.377. The van der Waals surface area contributed by atoms with E-state index in [-0.39, 0.29) is 11.4 Å². The molecule has 1 aliphatic heterocycles. The molecule has 0 saturated carbocycles. The van der Waals surface area contributed by atoms with Gasteiger partial charge in [0.1, 0.15) is 24.0 Å². The lowest BCUT2D eigenvalue weighted by Crippen LogP contribution is -2.63. The summed E-state index contributed by atoms with van der Waals surface area (Å²) in [7, 11) is 0. The standard InChI is InChI=1S/C13H17N5O5/c1-6-10(12(21)11(20)9(5-19)23-6)16-13(22)8-3-2-7(4-15-8)17-18-14/h2-4,6,9-12,19-21H,5H2,1H3,(H,16,22)/t6-,9?,10?,11+,12-/m1/s1. The Hall–Kier alpha value is -2.23. The van der Waals surface area contributed by atoms with Crippen LogP contribution in [0.15, 0.2) is 23.4 Å². The number of amides is 1. The van der Waals surface area contributed by atoms with Crippen LogP contribution in [0, 0.1) is 0 Å². The lowest BCUT2D eigenvalue weighted by atomic mass is 9.93. The van der Waals surface area contributed by atoms with Crippen LogP contribution >= 0.6 is 0 Å². The highest BCUT2D eigenvalue weighted by Crippen LogP contribution is 2.21. The molecule has 23 heavy (non-hydrogen) atoms. The van der Waals surface area contributed by atoms with Crippen LogP contribution in [-0.2, 0) is 4.74 Å². The van der Waals surface area contributed by atoms with Gasteiger partial charge < -0.3 is 25.4 Å². The quantitative estimate of drug-likeness (QED) is 0.335. The number of rotatable bonds is 4. The van der Waals surface area contributed by atoms with E-state index in [1.54, 1.807) is 6.92 Å². The second-order valence-electron chi connectivity index (χ2n) is 5.13. The molecule has 0 radical (unpaired) electrons. The van der Waals surface area contributed by atoms with E-state index < -0.39 is 43.0 Å². The summed E-state index contributed by atoms with van der Waals surface area (Å²) in [6.45, 7) is 1.17. The smallest absolute Gasteiger partial charge is 0.270 e. The van der Waals surface area contributed by atoms with Gasteiger partial charge in [-0.2, -0.15) is 0 Å². The van der Waals surface area contributed by atoms with Crippen molar-refractivity contribution in [3.63, 3.8) is 0 Å². The van der Waals surface area contributed by atoms with Gasteiger partial charge in [0.25, 0.3) is 5.91 Å². The van der Waals surface area contributed by atoms with E-state index in [9.17, 15) is 15.0 Å². The molecule has 1 fully saturated rings. The maximum Gasteiger partial charge on any atom is 0.270 e. The molecule has 2 unspecified atom stereocenters. The Morgan fingerprint density at radius 1 is 1.48 bits per heavy atom. The summed E-state index contributed by atoms with van der Waals surface area (Å²) < 4.78 is 5.37. The van der Waals surface area contributed by atoms with Crippen molar-refractivity contribution in [2.75, 3.05) is 6.61 Å². The Bertz CT molecular complexity index is 603. The summed E-state index contributed by atoms with van der Waals surface area (Å²) in [6, 6.07) is 1.93. The lowest BCUT2D eigenvalue weighted by Gasteiger charge is -2.41. The molecule has 0 aliphatic carbocycles. The maximum atomic E-state index is 12.2. The predicted molar refractivity (Wildman–Crippen MR) is 77.7 cm³/mol. The molecule has 10 nitrogen and oxygen atoms in total. The normalized spacial score (nSPS) is 30.3. The summed E-state index contributed by atoms with van der Waals surface area (Å²) in [6.07, 6.45) is -2.89. The Kier molecular flexibility index (Phi) is 5.48. The van der Waals surface area contributed by atoms with Crippen molar-refractivity contribution in [1.29, 1.82) is 0 Å². The van der Waals surface area contributed by atoms with Gasteiger partial charge in [-0.15, -0.1) is 0 Å². The zero-order valence-corrected chi connectivity index (χ0v) is 12.3. The number of pyridine rings is 1. The molecule has 0 spiro atoms. The molecule has 0 bridgehead atoms. The first-order chi connectivity index (χ1) is 11.0. The molecule has 2 rings (SSSR count). The van der Waals surface area contributed by atoms with Gasteiger partial charge in [-0.3, -0.25) is 9.78 Å². The van der Waals surface area contributed by atoms with Crippen LogP contribution in [0.5, 0.6) is 0 Å². The van der Waals surface area contributed by atoms with Crippen molar-refractivity contribution < 1.29 is 24.9 Å². The molecular formula is C13H17N5O5. The number of aliphatic hydroxyl groups excluding tert-OH is 3. The molecule has 1 amide bonds. The summed E-state index contributed by atoms with van der Waals surface area (Å²) in [5, 5.41) is 34.9. The summed E-state index contributed by atoms with van der Waals surface area (Å²) >= 11 is 0. The molecule has 124 valence electrons. The zero-order chi connectivity index (χ0) is 17.0. The number of carbonyl (C=O) groups excluding carboxylic acids is 1. The van der Waals surface area contributed by atoms with Gasteiger partial charge in [-0.25, -0.2) is 0 Å². The topological polar surface area (TPSA) is 161 Å². The van der Waals surface area contributed by atoms with Gasteiger partial charge in [-0.1, -0.05) is 5.11 Å². The fourth-order valence-electron chi connectivity index (χ4n) is 2.36. The second-order valence-corrected chi connectivity index (χ2v) is 5.13. The molecule has 1 aliphatic rings. The molecule has 1 aromatic heterocycles. The molecular weight excluding hydrogens is 306 g/mol. The lowest BCUT2D eigenvalue weighted by molar-refractivity contribution is -0.187. The average molecular weight is 323 g/mol. The first-order valence-electron chi connectivity index (χ1n) is 6.92. The van der Waals surface area contributed by atoms with Crippen molar-refractivity contribution in [3.05, 3.63) is 34.5 Å². The van der Waals surface area contributed by atoms with E-state index in [2.05, 4.69) is 20.3 Å². The van der Waals surface area contributed by atoms with Crippen molar-refractivity contribution >= 4 is 11.6 Å². The number of hydrogen-bond donors (Lipinski definition) is 4. The van der Waals surface area contributed by atoms with Crippen LogP contribution < -0.4 is 5.32 Å². The minimum atomic E-state index is -1.32. The number of carbonyl (C=O) groups is 1. The molecule has 5 atom stereocenters. The van der Waals surface area contributed by atoms with E-state index in [1.165, 1.54) is 18.3 Å². The zero-order valence-electron chi connectivity index (χ0n) is 12.3. The highest BCUT2D eigenvalue weighted by molar-refractivity contribution is 5.92. The van der Waals surface area contributed by atoms with Gasteiger partial charge in [-0.05, 0) is 24.6 Å². The molecule has 10 heteroatoms. The third kappa shape index (κ3) is 3.76. The largest absolute Gasteiger partial charge is 0.394 e. The highest BCUT2D eigenvalue weighted by Gasteiger charge is 2.43. The van der Waals surface area contributed by atoms with Crippen LogP contribution in [0.2, 0.25) is 0 Å². The van der Waals surface area contributed by atoms with E-state index in [0.717, 1.165) is 0 Å². The van der Waals surface area contributed by atoms with Crippen LogP contribution in [-0.4, -0.2) is 63.3 Å². The van der Waals surface area contributed by atoms with E-state index >= 15 is 0 Å². The molecule has 2 heterocycles. The first-order valence-corrected chi connectivity index (χ1v) is 6.92. The van der Waals surface area contributed by atoms with Crippen molar-refractivity contribution in [3.8, 4) is 0 Å². The first kappa shape index (κ1) is 17.1. The second kappa shape index (κ2) is 7.36. The minimum absolute atomic E-state index is 0.0556. The van der Waals surface area contributed by atoms with Crippen LogP contribution in [0.1, 0.15) is 17.4 Å². The molecule has 1 saturated heterocycles. The van der Waals surface area contributed by atoms with Gasteiger partial charge in [0, 0.05) is 11.1 Å². The fraction of sp³-hybridized carbons (Fsp3) is 0.538. The number of hydrogen-bond acceptors (Lipinski definition) is 7. The average Bonchev–Trinajstić information content (AvgIpc) is 2.55. The van der Waals surface area contributed by atoms with Crippen LogP contribution in [0.3, 0.4) is 0 Å². The Labute approximate surface area is 131 Å². The van der Waals surface area contributed by atoms with E-state index in [4.69, 9.17) is 15.4 Å². The third-order valence-electron chi connectivity index (χ3n) is 3.61. The SMILES string of the molecule is C[C@H]1OC(CO)[C@H](O)[C@H](O)C1NC(=O)c1ccc(N=[N+]=[N-])cn1. The Morgan fingerprint density at radius 3 is 2.78 bits per heavy atom. The monoisotopic (exact) mass is 323 g/mol. The van der Waals surface area contributed by atoms with Gasteiger partial charge in [0.05, 0.1) is 24.4 Å². The number of nitrogens with zero attached hydrogens (tertiary/aromatic N) is 4. The Balaban J connectivity index is 2.08. The van der Waals surface area contributed by atoms with Crippen molar-refractivity contribution in [2.45, 2.75) is 37.4 Å². The minimum Gasteiger partial charge on any atom is -0.394 e. The van der Waals surface area contributed by atoms with Crippen molar-refractivity contribution in [2.24, 2.45) is 5.11 Å². The van der Waals surface area contributed by atoms with Gasteiger partial charge >= 0.3 is 0 Å². The van der Waals surface area contributed by atoms with Gasteiger partial charge in [0.2, 0.25) is 0 Å². The van der Waals surface area contributed by atoms with Crippen molar-refractivity contribution in [1.82, 2.24) is 10.3 Å².